The molecule has 0 radical (unpaired) electrons. The monoisotopic (exact) mass is 408 g/mol. The molecule has 0 bridgehead atoms. The number of nitrogens with zero attached hydrogens (tertiary/aromatic N) is 2. The van der Waals surface area contributed by atoms with Crippen LogP contribution >= 0.6 is 11.3 Å². The maximum Gasteiger partial charge on any atom is 0.231 e. The standard InChI is InChI=1S/C22H24N4O2S/c1-14-2-7-18-19(12-14)29-22(25-18)16-3-5-17(6-4-16)24-21(28)15-8-10-26(11-9-15)13-20(23)27/h2-7,12,15H,8-11,13H2,1H3,(H2,23,27)(H,24,28). The molecule has 2 aromatic carbocycles. The number of likely N-dealkylation sites (tertiary alicyclic amines) is 1. The van der Waals surface area contributed by atoms with E-state index in [4.69, 9.17) is 10.7 Å². The Morgan fingerprint density at radius 2 is 1.90 bits per heavy atom. The number of aryl methyl sites for hydroxylation is 1. The van der Waals surface area contributed by atoms with Gasteiger partial charge in [-0.2, -0.15) is 0 Å². The average Bonchev–Trinajstić information content (AvgIpc) is 3.11. The molecule has 0 atom stereocenters. The van der Waals surface area contributed by atoms with Crippen LogP contribution in [0.1, 0.15) is 18.4 Å². The zero-order valence-corrected chi connectivity index (χ0v) is 17.2. The van der Waals surface area contributed by atoms with E-state index in [1.165, 1.54) is 10.3 Å². The maximum absolute atomic E-state index is 12.6. The van der Waals surface area contributed by atoms with Crippen LogP contribution < -0.4 is 11.1 Å². The van der Waals surface area contributed by atoms with Crippen molar-refractivity contribution in [1.82, 2.24) is 9.88 Å². The van der Waals surface area contributed by atoms with E-state index in [-0.39, 0.29) is 24.3 Å². The molecule has 1 fully saturated rings. The number of hydrogen-bond donors (Lipinski definition) is 2. The molecule has 1 saturated heterocycles. The Bertz CT molecular complexity index is 1040. The fraction of sp³-hybridized carbons (Fsp3) is 0.318. The molecule has 6 nitrogen and oxygen atoms in total. The molecule has 4 rings (SSSR count). The van der Waals surface area contributed by atoms with Gasteiger partial charge in [0, 0.05) is 17.2 Å². The summed E-state index contributed by atoms with van der Waals surface area (Å²) < 4.78 is 1.18. The molecule has 150 valence electrons. The van der Waals surface area contributed by atoms with Gasteiger partial charge >= 0.3 is 0 Å². The Labute approximate surface area is 173 Å². The molecule has 1 aromatic heterocycles. The Hall–Kier alpha value is -2.77. The first kappa shape index (κ1) is 19.5. The number of piperidine rings is 1. The summed E-state index contributed by atoms with van der Waals surface area (Å²) in [6.07, 6.45) is 1.48. The number of rotatable bonds is 5. The summed E-state index contributed by atoms with van der Waals surface area (Å²) in [5.74, 6) is -0.325. The minimum atomic E-state index is -0.323. The van der Waals surface area contributed by atoms with Crippen LogP contribution in [0.25, 0.3) is 20.8 Å². The van der Waals surface area contributed by atoms with Crippen LogP contribution in [0, 0.1) is 12.8 Å². The molecule has 2 heterocycles. The van der Waals surface area contributed by atoms with Crippen molar-refractivity contribution in [3.8, 4) is 10.6 Å². The highest BCUT2D eigenvalue weighted by Gasteiger charge is 2.25. The van der Waals surface area contributed by atoms with Crippen LogP contribution in [0.3, 0.4) is 0 Å². The summed E-state index contributed by atoms with van der Waals surface area (Å²) in [4.78, 5) is 30.3. The van der Waals surface area contributed by atoms with Gasteiger partial charge in [0.25, 0.3) is 0 Å². The van der Waals surface area contributed by atoms with Gasteiger partial charge in [0.15, 0.2) is 0 Å². The van der Waals surface area contributed by atoms with E-state index in [0.717, 1.165) is 47.7 Å². The molecule has 1 aliphatic rings. The van der Waals surface area contributed by atoms with Gasteiger partial charge in [0.2, 0.25) is 11.8 Å². The number of aromatic nitrogens is 1. The lowest BCUT2D eigenvalue weighted by Crippen LogP contribution is -2.42. The van der Waals surface area contributed by atoms with E-state index in [2.05, 4.69) is 24.4 Å². The molecule has 3 N–H and O–H groups in total. The van der Waals surface area contributed by atoms with Gasteiger partial charge in [0.1, 0.15) is 5.01 Å². The van der Waals surface area contributed by atoms with E-state index >= 15 is 0 Å². The van der Waals surface area contributed by atoms with E-state index in [1.807, 2.05) is 35.2 Å². The first-order chi connectivity index (χ1) is 14.0. The molecule has 1 aliphatic heterocycles. The lowest BCUT2D eigenvalue weighted by atomic mass is 9.96. The lowest BCUT2D eigenvalue weighted by molar-refractivity contribution is -0.122. The van der Waals surface area contributed by atoms with Crippen molar-refractivity contribution in [1.29, 1.82) is 0 Å². The molecular formula is C22H24N4O2S. The van der Waals surface area contributed by atoms with Crippen LogP contribution in [0.15, 0.2) is 42.5 Å². The Morgan fingerprint density at radius 1 is 1.17 bits per heavy atom. The molecule has 3 aromatic rings. The van der Waals surface area contributed by atoms with E-state index < -0.39 is 0 Å². The highest BCUT2D eigenvalue weighted by Crippen LogP contribution is 2.31. The van der Waals surface area contributed by atoms with E-state index in [0.29, 0.717) is 0 Å². The second kappa shape index (κ2) is 8.31. The number of nitrogens with one attached hydrogen (secondary N) is 1. The van der Waals surface area contributed by atoms with Crippen LogP contribution in [0.2, 0.25) is 0 Å². The van der Waals surface area contributed by atoms with Crippen molar-refractivity contribution in [3.63, 3.8) is 0 Å². The number of fused-ring (bicyclic) bond motifs is 1. The number of carbonyl (C=O) groups excluding carboxylic acids is 2. The third-order valence-electron chi connectivity index (χ3n) is 5.28. The SMILES string of the molecule is Cc1ccc2nc(-c3ccc(NC(=O)C4CCN(CC(N)=O)CC4)cc3)sc2c1. The largest absolute Gasteiger partial charge is 0.369 e. The van der Waals surface area contributed by atoms with Crippen LogP contribution in [0.5, 0.6) is 0 Å². The third-order valence-corrected chi connectivity index (χ3v) is 6.35. The molecule has 7 heteroatoms. The Balaban J connectivity index is 1.38. The smallest absolute Gasteiger partial charge is 0.231 e. The number of nitrogens with two attached hydrogens (primary N) is 1. The van der Waals surface area contributed by atoms with Crippen LogP contribution in [0.4, 0.5) is 5.69 Å². The first-order valence-corrected chi connectivity index (χ1v) is 10.6. The number of thiazole rings is 1. The quantitative estimate of drug-likeness (QED) is 0.677. The zero-order chi connectivity index (χ0) is 20.4. The van der Waals surface area contributed by atoms with E-state index in [9.17, 15) is 9.59 Å². The van der Waals surface area contributed by atoms with Crippen molar-refractivity contribution >= 4 is 39.1 Å². The molecule has 0 aliphatic carbocycles. The van der Waals surface area contributed by atoms with Crippen LogP contribution in [-0.2, 0) is 9.59 Å². The number of primary amides is 1. The first-order valence-electron chi connectivity index (χ1n) is 9.77. The van der Waals surface area contributed by atoms with Gasteiger partial charge in [-0.15, -0.1) is 11.3 Å². The highest BCUT2D eigenvalue weighted by atomic mass is 32.1. The number of carbonyl (C=O) groups is 2. The Morgan fingerprint density at radius 3 is 2.59 bits per heavy atom. The highest BCUT2D eigenvalue weighted by molar-refractivity contribution is 7.21. The van der Waals surface area contributed by atoms with Gasteiger partial charge in [-0.05, 0) is 74.8 Å². The summed E-state index contributed by atoms with van der Waals surface area (Å²) in [5, 5.41) is 3.99. The van der Waals surface area contributed by atoms with Gasteiger partial charge in [-0.1, -0.05) is 6.07 Å². The summed E-state index contributed by atoms with van der Waals surface area (Å²) >= 11 is 1.68. The summed E-state index contributed by atoms with van der Waals surface area (Å²) in [6, 6.07) is 14.1. The topological polar surface area (TPSA) is 88.3 Å². The number of anilines is 1. The summed E-state index contributed by atoms with van der Waals surface area (Å²) in [6.45, 7) is 3.78. The predicted molar refractivity (Wildman–Crippen MR) is 117 cm³/mol. The van der Waals surface area contributed by atoms with Gasteiger partial charge in [-0.25, -0.2) is 4.98 Å². The summed E-state index contributed by atoms with van der Waals surface area (Å²) in [5.41, 5.74) is 9.31. The number of hydrogen-bond acceptors (Lipinski definition) is 5. The second-order valence-corrected chi connectivity index (χ2v) is 8.60. The van der Waals surface area contributed by atoms with Gasteiger partial charge < -0.3 is 11.1 Å². The summed E-state index contributed by atoms with van der Waals surface area (Å²) in [7, 11) is 0. The van der Waals surface area contributed by atoms with Crippen molar-refractivity contribution in [2.24, 2.45) is 11.7 Å². The molecular weight excluding hydrogens is 384 g/mol. The fourth-order valence-corrected chi connectivity index (χ4v) is 4.74. The average molecular weight is 409 g/mol. The van der Waals surface area contributed by atoms with Crippen molar-refractivity contribution in [2.45, 2.75) is 19.8 Å². The molecule has 29 heavy (non-hydrogen) atoms. The second-order valence-electron chi connectivity index (χ2n) is 7.57. The molecule has 2 amide bonds. The van der Waals surface area contributed by atoms with Crippen molar-refractivity contribution in [2.75, 3.05) is 25.0 Å². The fourth-order valence-electron chi connectivity index (χ4n) is 3.67. The number of amides is 2. The maximum atomic E-state index is 12.6. The van der Waals surface area contributed by atoms with Crippen molar-refractivity contribution < 1.29 is 9.59 Å². The minimum Gasteiger partial charge on any atom is -0.369 e. The predicted octanol–water partition coefficient (Wildman–Crippen LogP) is 3.41. The van der Waals surface area contributed by atoms with Gasteiger partial charge in [0.05, 0.1) is 16.8 Å². The minimum absolute atomic E-state index is 0.0342. The zero-order valence-electron chi connectivity index (χ0n) is 16.4. The Kier molecular flexibility index (Phi) is 5.60. The molecule has 0 saturated carbocycles. The third kappa shape index (κ3) is 4.63. The lowest BCUT2D eigenvalue weighted by Gasteiger charge is -2.30. The molecule has 0 unspecified atom stereocenters. The molecule has 0 spiro atoms. The van der Waals surface area contributed by atoms with E-state index in [1.54, 1.807) is 11.3 Å². The van der Waals surface area contributed by atoms with Crippen LogP contribution in [-0.4, -0.2) is 41.3 Å². The number of benzene rings is 2. The normalized spacial score (nSPS) is 15.5. The van der Waals surface area contributed by atoms with Gasteiger partial charge in [-0.3, -0.25) is 14.5 Å². The van der Waals surface area contributed by atoms with Crippen molar-refractivity contribution in [3.05, 3.63) is 48.0 Å².